The zero-order chi connectivity index (χ0) is 7.68. The molecule has 4 heteroatoms. The molecule has 56 valence electrons. The molecule has 2 aromatic heterocycles. The van der Waals surface area contributed by atoms with Crippen LogP contribution in [0.4, 0.5) is 0 Å². The molecule has 0 aliphatic heterocycles. The van der Waals surface area contributed by atoms with E-state index in [1.54, 1.807) is 0 Å². The van der Waals surface area contributed by atoms with Crippen molar-refractivity contribution in [2.75, 3.05) is 0 Å². The van der Waals surface area contributed by atoms with Crippen molar-refractivity contribution in [1.29, 1.82) is 0 Å². The maximum atomic E-state index is 8.83. The molecule has 0 aliphatic carbocycles. The Labute approximate surface area is 66.9 Å². The summed E-state index contributed by atoms with van der Waals surface area (Å²) in [5.74, 6) is 0.325. The quantitative estimate of drug-likeness (QED) is 0.707. The van der Waals surface area contributed by atoms with Gasteiger partial charge in [-0.25, -0.2) is 4.98 Å². The summed E-state index contributed by atoms with van der Waals surface area (Å²) < 4.78 is 4.88. The summed E-state index contributed by atoms with van der Waals surface area (Å²) >= 11 is 1.52. The summed E-state index contributed by atoms with van der Waals surface area (Å²) in [6.45, 7) is 0. The molecule has 0 bridgehead atoms. The van der Waals surface area contributed by atoms with Gasteiger partial charge in [0.2, 0.25) is 5.89 Å². The molecule has 2 rings (SSSR count). The topological polar surface area (TPSA) is 46.3 Å². The van der Waals surface area contributed by atoms with E-state index in [-0.39, 0.29) is 5.95 Å². The number of nitrogens with zero attached hydrogens (tertiary/aromatic N) is 1. The van der Waals surface area contributed by atoms with Crippen LogP contribution in [0, 0.1) is 0 Å². The van der Waals surface area contributed by atoms with Crippen molar-refractivity contribution in [2.24, 2.45) is 0 Å². The Morgan fingerprint density at radius 1 is 1.55 bits per heavy atom. The molecule has 11 heavy (non-hydrogen) atoms. The van der Waals surface area contributed by atoms with Gasteiger partial charge in [-0.3, -0.25) is 0 Å². The summed E-state index contributed by atoms with van der Waals surface area (Å²) in [5.41, 5.74) is 0. The lowest BCUT2D eigenvalue weighted by atomic mass is 10.5. The Hall–Kier alpha value is -1.29. The maximum Gasteiger partial charge on any atom is 0.302 e. The van der Waals surface area contributed by atoms with Crippen LogP contribution in [0.1, 0.15) is 0 Å². The van der Waals surface area contributed by atoms with Gasteiger partial charge in [0, 0.05) is 0 Å². The van der Waals surface area contributed by atoms with Crippen LogP contribution < -0.4 is 0 Å². The largest absolute Gasteiger partial charge is 0.480 e. The maximum absolute atomic E-state index is 8.83. The van der Waals surface area contributed by atoms with Crippen LogP contribution in [0.25, 0.3) is 10.8 Å². The Morgan fingerprint density at radius 2 is 2.45 bits per heavy atom. The van der Waals surface area contributed by atoms with Crippen molar-refractivity contribution in [3.8, 4) is 16.7 Å². The van der Waals surface area contributed by atoms with Crippen LogP contribution in [0.3, 0.4) is 0 Å². The first-order valence-electron chi connectivity index (χ1n) is 3.05. The lowest BCUT2D eigenvalue weighted by Crippen LogP contribution is -1.65. The van der Waals surface area contributed by atoms with E-state index in [0.717, 1.165) is 4.88 Å². The normalized spacial score (nSPS) is 10.2. The van der Waals surface area contributed by atoms with Crippen molar-refractivity contribution >= 4 is 11.3 Å². The summed E-state index contributed by atoms with van der Waals surface area (Å²) in [6.07, 6.45) is 1.29. The monoisotopic (exact) mass is 167 g/mol. The molecule has 0 saturated heterocycles. The molecular formula is C7H5NO2S. The van der Waals surface area contributed by atoms with E-state index in [4.69, 9.17) is 9.52 Å². The molecule has 0 unspecified atom stereocenters. The van der Waals surface area contributed by atoms with Gasteiger partial charge in [0.25, 0.3) is 0 Å². The Kier molecular flexibility index (Phi) is 1.40. The predicted molar refractivity (Wildman–Crippen MR) is 41.5 cm³/mol. The van der Waals surface area contributed by atoms with Crippen molar-refractivity contribution < 1.29 is 9.52 Å². The van der Waals surface area contributed by atoms with E-state index >= 15 is 0 Å². The molecule has 0 aromatic carbocycles. The molecule has 0 aliphatic rings. The second kappa shape index (κ2) is 2.39. The number of hydrogen-bond donors (Lipinski definition) is 1. The van der Waals surface area contributed by atoms with E-state index in [2.05, 4.69) is 4.98 Å². The van der Waals surface area contributed by atoms with E-state index in [9.17, 15) is 0 Å². The molecule has 2 heterocycles. The molecule has 0 radical (unpaired) electrons. The molecule has 1 N–H and O–H groups in total. The third kappa shape index (κ3) is 1.12. The third-order valence-corrected chi connectivity index (χ3v) is 2.08. The van der Waals surface area contributed by atoms with Gasteiger partial charge in [-0.1, -0.05) is 6.07 Å². The molecular weight excluding hydrogens is 162 g/mol. The fraction of sp³-hybridized carbons (Fsp3) is 0. The zero-order valence-electron chi connectivity index (χ0n) is 5.52. The number of aromatic hydroxyl groups is 1. The van der Waals surface area contributed by atoms with E-state index in [0.29, 0.717) is 5.89 Å². The summed E-state index contributed by atoms with van der Waals surface area (Å²) in [6, 6.07) is 3.79. The van der Waals surface area contributed by atoms with Gasteiger partial charge in [0.1, 0.15) is 6.20 Å². The van der Waals surface area contributed by atoms with Crippen molar-refractivity contribution in [3.63, 3.8) is 0 Å². The van der Waals surface area contributed by atoms with Crippen LogP contribution >= 0.6 is 11.3 Å². The van der Waals surface area contributed by atoms with Crippen LogP contribution in [0.5, 0.6) is 5.95 Å². The van der Waals surface area contributed by atoms with Crippen molar-refractivity contribution in [2.45, 2.75) is 0 Å². The number of oxazole rings is 1. The zero-order valence-corrected chi connectivity index (χ0v) is 6.34. The highest BCUT2D eigenvalue weighted by Gasteiger charge is 2.04. The molecule has 0 saturated carbocycles. The fourth-order valence-electron chi connectivity index (χ4n) is 0.780. The molecule has 0 spiro atoms. The van der Waals surface area contributed by atoms with Crippen LogP contribution in [-0.2, 0) is 0 Å². The number of hydrogen-bond acceptors (Lipinski definition) is 4. The van der Waals surface area contributed by atoms with E-state index in [1.807, 2.05) is 17.5 Å². The van der Waals surface area contributed by atoms with Crippen LogP contribution in [-0.4, -0.2) is 10.1 Å². The minimum Gasteiger partial charge on any atom is -0.480 e. The fourth-order valence-corrected chi connectivity index (χ4v) is 1.44. The van der Waals surface area contributed by atoms with Gasteiger partial charge in [-0.05, 0) is 11.4 Å². The highest BCUT2D eigenvalue weighted by atomic mass is 32.1. The lowest BCUT2D eigenvalue weighted by molar-refractivity contribution is 0.338. The van der Waals surface area contributed by atoms with Gasteiger partial charge in [0.15, 0.2) is 0 Å². The first-order chi connectivity index (χ1) is 5.36. The number of thiophene rings is 1. The SMILES string of the molecule is Oc1cnc(-c2cccs2)o1. The highest BCUT2D eigenvalue weighted by Crippen LogP contribution is 2.25. The molecule has 0 atom stereocenters. The smallest absolute Gasteiger partial charge is 0.302 e. The summed E-state index contributed by atoms with van der Waals surface area (Å²) in [7, 11) is 0. The Bertz CT molecular complexity index is 339. The summed E-state index contributed by atoms with van der Waals surface area (Å²) in [5, 5.41) is 10.8. The second-order valence-corrected chi connectivity index (χ2v) is 2.93. The minimum atomic E-state index is -0.145. The first-order valence-corrected chi connectivity index (χ1v) is 3.93. The molecule has 3 nitrogen and oxygen atoms in total. The first kappa shape index (κ1) is 6.42. The average molecular weight is 167 g/mol. The molecule has 0 amide bonds. The van der Waals surface area contributed by atoms with Crippen LogP contribution in [0.15, 0.2) is 28.1 Å². The van der Waals surface area contributed by atoms with Gasteiger partial charge < -0.3 is 9.52 Å². The van der Waals surface area contributed by atoms with Gasteiger partial charge in [0.05, 0.1) is 4.88 Å². The van der Waals surface area contributed by atoms with Gasteiger partial charge >= 0.3 is 5.95 Å². The van der Waals surface area contributed by atoms with Crippen molar-refractivity contribution in [3.05, 3.63) is 23.7 Å². The lowest BCUT2D eigenvalue weighted by Gasteiger charge is -1.84. The number of rotatable bonds is 1. The van der Waals surface area contributed by atoms with E-state index in [1.165, 1.54) is 17.5 Å². The average Bonchev–Trinajstić information content (AvgIpc) is 2.55. The third-order valence-electron chi connectivity index (χ3n) is 1.23. The van der Waals surface area contributed by atoms with E-state index < -0.39 is 0 Å². The Balaban J connectivity index is 2.45. The second-order valence-electron chi connectivity index (χ2n) is 1.98. The highest BCUT2D eigenvalue weighted by molar-refractivity contribution is 7.13. The molecule has 2 aromatic rings. The van der Waals surface area contributed by atoms with Gasteiger partial charge in [-0.15, -0.1) is 11.3 Å². The molecule has 0 fully saturated rings. The van der Waals surface area contributed by atoms with Gasteiger partial charge in [-0.2, -0.15) is 0 Å². The summed E-state index contributed by atoms with van der Waals surface area (Å²) in [4.78, 5) is 4.77. The number of aromatic nitrogens is 1. The predicted octanol–water partition coefficient (Wildman–Crippen LogP) is 2.11. The standard InChI is InChI=1S/C7H5NO2S/c9-6-4-8-7(10-6)5-2-1-3-11-5/h1-4,9H. The minimum absolute atomic E-state index is 0.145. The van der Waals surface area contributed by atoms with Crippen LogP contribution in [0.2, 0.25) is 0 Å². The Morgan fingerprint density at radius 3 is 3.00 bits per heavy atom. The van der Waals surface area contributed by atoms with Crippen molar-refractivity contribution in [1.82, 2.24) is 4.98 Å².